The lowest BCUT2D eigenvalue weighted by Crippen LogP contribution is -2.40. The second kappa shape index (κ2) is 7.47. The molecule has 0 radical (unpaired) electrons. The molecule has 1 saturated heterocycles. The van der Waals surface area contributed by atoms with E-state index in [1.165, 1.54) is 28.1 Å². The van der Waals surface area contributed by atoms with Gasteiger partial charge in [0.1, 0.15) is 0 Å². The number of benzene rings is 2. The largest absolute Gasteiger partial charge is 0.379 e. The molecule has 1 aliphatic carbocycles. The van der Waals surface area contributed by atoms with Crippen LogP contribution in [0.5, 0.6) is 0 Å². The Bertz CT molecular complexity index is 1090. The van der Waals surface area contributed by atoms with Gasteiger partial charge < -0.3 is 4.74 Å². The minimum atomic E-state index is -3.80. The molecule has 7 nitrogen and oxygen atoms in total. The highest BCUT2D eigenvalue weighted by atomic mass is 32.2. The molecule has 0 spiro atoms. The fourth-order valence-corrected chi connectivity index (χ4v) is 6.14. The zero-order valence-corrected chi connectivity index (χ0v) is 16.9. The summed E-state index contributed by atoms with van der Waals surface area (Å²) in [7, 11) is -7.49. The van der Waals surface area contributed by atoms with Crippen molar-refractivity contribution in [2.24, 2.45) is 0 Å². The van der Waals surface area contributed by atoms with Crippen molar-refractivity contribution in [2.75, 3.05) is 31.0 Å². The fourth-order valence-electron chi connectivity index (χ4n) is 3.59. The molecular formula is C19H22N2O5S2. The number of hydrogen-bond acceptors (Lipinski definition) is 5. The van der Waals surface area contributed by atoms with Crippen LogP contribution in [0.25, 0.3) is 0 Å². The summed E-state index contributed by atoms with van der Waals surface area (Å²) < 4.78 is 60.2. The van der Waals surface area contributed by atoms with E-state index in [0.717, 1.165) is 24.8 Å². The number of rotatable bonds is 5. The summed E-state index contributed by atoms with van der Waals surface area (Å²) >= 11 is 0. The Balaban J connectivity index is 1.59. The molecule has 1 aliphatic heterocycles. The number of sulfonamides is 2. The molecule has 0 bridgehead atoms. The minimum absolute atomic E-state index is 0.0588. The van der Waals surface area contributed by atoms with Crippen LogP contribution < -0.4 is 4.72 Å². The van der Waals surface area contributed by atoms with Gasteiger partial charge in [-0.05, 0) is 60.7 Å². The second-order valence-corrected chi connectivity index (χ2v) is 10.6. The lowest BCUT2D eigenvalue weighted by molar-refractivity contribution is 0.0730. The van der Waals surface area contributed by atoms with Crippen molar-refractivity contribution < 1.29 is 21.6 Å². The van der Waals surface area contributed by atoms with Gasteiger partial charge in [-0.15, -0.1) is 0 Å². The molecule has 2 aromatic rings. The van der Waals surface area contributed by atoms with E-state index in [2.05, 4.69) is 4.72 Å². The first-order valence-electron chi connectivity index (χ1n) is 9.19. The number of morpholine rings is 1. The van der Waals surface area contributed by atoms with Crippen LogP contribution >= 0.6 is 0 Å². The lowest BCUT2D eigenvalue weighted by Gasteiger charge is -2.26. The van der Waals surface area contributed by atoms with Gasteiger partial charge in [0.2, 0.25) is 10.0 Å². The molecule has 0 unspecified atom stereocenters. The van der Waals surface area contributed by atoms with E-state index >= 15 is 0 Å². The van der Waals surface area contributed by atoms with Gasteiger partial charge in [0.05, 0.1) is 28.7 Å². The molecule has 1 heterocycles. The molecule has 0 aromatic heterocycles. The van der Waals surface area contributed by atoms with E-state index in [1.807, 2.05) is 6.07 Å². The van der Waals surface area contributed by atoms with Gasteiger partial charge in [-0.3, -0.25) is 4.72 Å². The van der Waals surface area contributed by atoms with E-state index in [0.29, 0.717) is 13.2 Å². The Morgan fingerprint density at radius 1 is 0.857 bits per heavy atom. The summed E-state index contributed by atoms with van der Waals surface area (Å²) in [6.07, 6.45) is 2.89. The molecule has 9 heteroatoms. The molecule has 0 amide bonds. The van der Waals surface area contributed by atoms with Gasteiger partial charge in [-0.2, -0.15) is 4.31 Å². The lowest BCUT2D eigenvalue weighted by atomic mass is 10.1. The standard InChI is InChI=1S/C19H22N2O5S2/c22-27(23,18-8-7-15-3-1-4-16(15)13-18)20-17-5-2-6-19(14-17)28(24,25)21-9-11-26-12-10-21/h2,5-8,13-14,20H,1,3-4,9-12H2. The van der Waals surface area contributed by atoms with E-state index in [-0.39, 0.29) is 28.6 Å². The molecule has 0 saturated carbocycles. The summed E-state index contributed by atoms with van der Waals surface area (Å²) in [6.45, 7) is 1.27. The van der Waals surface area contributed by atoms with E-state index in [1.54, 1.807) is 18.2 Å². The van der Waals surface area contributed by atoms with Crippen LogP contribution in [0.4, 0.5) is 5.69 Å². The molecule has 2 aliphatic rings. The number of ether oxygens (including phenoxy) is 1. The second-order valence-electron chi connectivity index (χ2n) is 6.93. The van der Waals surface area contributed by atoms with Crippen molar-refractivity contribution in [3.63, 3.8) is 0 Å². The van der Waals surface area contributed by atoms with Crippen molar-refractivity contribution in [2.45, 2.75) is 29.1 Å². The average Bonchev–Trinajstić information content (AvgIpc) is 3.16. The molecule has 0 atom stereocenters. The molecule has 1 fully saturated rings. The van der Waals surface area contributed by atoms with Crippen LogP contribution in [0.2, 0.25) is 0 Å². The fraction of sp³-hybridized carbons (Fsp3) is 0.368. The van der Waals surface area contributed by atoms with Crippen LogP contribution in [0, 0.1) is 0 Å². The molecule has 150 valence electrons. The maximum atomic E-state index is 12.8. The van der Waals surface area contributed by atoms with E-state index < -0.39 is 20.0 Å². The Morgan fingerprint density at radius 2 is 1.61 bits per heavy atom. The first kappa shape index (κ1) is 19.4. The first-order valence-corrected chi connectivity index (χ1v) is 12.1. The number of hydrogen-bond donors (Lipinski definition) is 1. The Labute approximate surface area is 165 Å². The van der Waals surface area contributed by atoms with Gasteiger partial charge in [-0.25, -0.2) is 16.8 Å². The zero-order chi connectivity index (χ0) is 19.8. The normalized spacial score (nSPS) is 18.0. The summed E-state index contributed by atoms with van der Waals surface area (Å²) in [6, 6.07) is 11.1. The van der Waals surface area contributed by atoms with Crippen molar-refractivity contribution in [1.82, 2.24) is 4.31 Å². The van der Waals surface area contributed by atoms with Crippen molar-refractivity contribution in [1.29, 1.82) is 0 Å². The highest BCUT2D eigenvalue weighted by molar-refractivity contribution is 7.92. The van der Waals surface area contributed by atoms with E-state index in [4.69, 9.17) is 4.74 Å². The average molecular weight is 423 g/mol. The summed E-state index contributed by atoms with van der Waals surface area (Å²) in [5.41, 5.74) is 2.47. The number of fused-ring (bicyclic) bond motifs is 1. The topological polar surface area (TPSA) is 92.8 Å². The highest BCUT2D eigenvalue weighted by Gasteiger charge is 2.27. The molecular weight excluding hydrogens is 400 g/mol. The molecule has 4 rings (SSSR count). The van der Waals surface area contributed by atoms with Gasteiger partial charge in [-0.1, -0.05) is 12.1 Å². The Hall–Kier alpha value is -1.94. The Kier molecular flexibility index (Phi) is 5.17. The monoisotopic (exact) mass is 422 g/mol. The summed E-state index contributed by atoms with van der Waals surface area (Å²) in [5.74, 6) is 0. The number of nitrogens with one attached hydrogen (secondary N) is 1. The molecule has 2 aromatic carbocycles. The van der Waals surface area contributed by atoms with Gasteiger partial charge >= 0.3 is 0 Å². The van der Waals surface area contributed by atoms with Crippen LogP contribution in [0.3, 0.4) is 0 Å². The SMILES string of the molecule is O=S(=O)(Nc1cccc(S(=O)(=O)N2CCOCC2)c1)c1ccc2c(c1)CCC2. The van der Waals surface area contributed by atoms with Gasteiger partial charge in [0, 0.05) is 13.1 Å². The summed E-state index contributed by atoms with van der Waals surface area (Å²) in [4.78, 5) is 0.248. The third-order valence-corrected chi connectivity index (χ3v) is 8.35. The van der Waals surface area contributed by atoms with Crippen LogP contribution in [0.1, 0.15) is 17.5 Å². The third kappa shape index (κ3) is 3.80. The number of aryl methyl sites for hydroxylation is 2. The molecule has 1 N–H and O–H groups in total. The smallest absolute Gasteiger partial charge is 0.261 e. The predicted molar refractivity (Wildman–Crippen MR) is 105 cm³/mol. The van der Waals surface area contributed by atoms with E-state index in [9.17, 15) is 16.8 Å². The Morgan fingerprint density at radius 3 is 2.39 bits per heavy atom. The number of anilines is 1. The first-order chi connectivity index (χ1) is 13.4. The van der Waals surface area contributed by atoms with Gasteiger partial charge in [0.15, 0.2) is 0 Å². The molecule has 28 heavy (non-hydrogen) atoms. The van der Waals surface area contributed by atoms with Crippen LogP contribution in [0.15, 0.2) is 52.3 Å². The third-order valence-electron chi connectivity index (χ3n) is 5.07. The van der Waals surface area contributed by atoms with Crippen molar-refractivity contribution in [3.05, 3.63) is 53.6 Å². The zero-order valence-electron chi connectivity index (χ0n) is 15.3. The van der Waals surface area contributed by atoms with Crippen LogP contribution in [-0.2, 0) is 37.6 Å². The van der Waals surface area contributed by atoms with Crippen molar-refractivity contribution in [3.8, 4) is 0 Å². The maximum Gasteiger partial charge on any atom is 0.261 e. The quantitative estimate of drug-likeness (QED) is 0.796. The van der Waals surface area contributed by atoms with Gasteiger partial charge in [0.25, 0.3) is 10.0 Å². The maximum absolute atomic E-state index is 12.8. The minimum Gasteiger partial charge on any atom is -0.379 e. The summed E-state index contributed by atoms with van der Waals surface area (Å²) in [5, 5.41) is 0. The van der Waals surface area contributed by atoms with Crippen molar-refractivity contribution >= 4 is 25.7 Å². The number of nitrogens with zero attached hydrogens (tertiary/aromatic N) is 1. The van der Waals surface area contributed by atoms with Crippen LogP contribution in [-0.4, -0.2) is 47.4 Å². The predicted octanol–water partition coefficient (Wildman–Crippen LogP) is 2.00. The highest BCUT2D eigenvalue weighted by Crippen LogP contribution is 2.27.